The van der Waals surface area contributed by atoms with Gasteiger partial charge in [0.25, 0.3) is 0 Å². The van der Waals surface area contributed by atoms with Crippen LogP contribution in [0, 0.1) is 0 Å². The van der Waals surface area contributed by atoms with E-state index in [4.69, 9.17) is 4.42 Å². The molecule has 0 radical (unpaired) electrons. The molecule has 5 nitrogen and oxygen atoms in total. The van der Waals surface area contributed by atoms with Crippen molar-refractivity contribution in [3.8, 4) is 0 Å². The van der Waals surface area contributed by atoms with Gasteiger partial charge >= 0.3 is 0 Å². The zero-order valence-electron chi connectivity index (χ0n) is 19.3. The molecule has 1 saturated heterocycles. The molecule has 0 atom stereocenters. The number of carbonyl (C=O) groups excluding carboxylic acids is 1. The summed E-state index contributed by atoms with van der Waals surface area (Å²) in [5, 5.41) is 0. The molecule has 0 unspecified atom stereocenters. The normalized spacial score (nSPS) is 15.7. The molecule has 168 valence electrons. The minimum atomic E-state index is -0.273. The number of nitrogens with zero attached hydrogens (tertiary/aromatic N) is 3. The molecule has 4 rings (SSSR count). The molecule has 1 aliphatic heterocycles. The number of carbonyl (C=O) groups is 1. The van der Waals surface area contributed by atoms with Crippen molar-refractivity contribution in [3.63, 3.8) is 0 Å². The Labute approximate surface area is 191 Å². The first-order chi connectivity index (χ1) is 15.4. The Morgan fingerprint density at radius 3 is 2.12 bits per heavy atom. The maximum absolute atomic E-state index is 13.7. The molecule has 5 heteroatoms. The molecule has 2 aromatic carbocycles. The van der Waals surface area contributed by atoms with Gasteiger partial charge in [-0.25, -0.2) is 4.98 Å². The van der Waals surface area contributed by atoms with Crippen LogP contribution < -0.4 is 0 Å². The molecule has 2 heterocycles. The molecule has 3 aromatic rings. The molecular weight excluding hydrogens is 398 g/mol. The molecular formula is C27H33N3O2. The van der Waals surface area contributed by atoms with Crippen LogP contribution in [0.15, 0.2) is 71.3 Å². The number of hydrogen-bond acceptors (Lipinski definition) is 4. The van der Waals surface area contributed by atoms with Gasteiger partial charge in [0.2, 0.25) is 11.8 Å². The van der Waals surface area contributed by atoms with Crippen LogP contribution in [-0.4, -0.2) is 46.9 Å². The Morgan fingerprint density at radius 2 is 1.56 bits per heavy atom. The van der Waals surface area contributed by atoms with Crippen molar-refractivity contribution in [2.45, 2.75) is 45.1 Å². The van der Waals surface area contributed by atoms with E-state index in [1.54, 1.807) is 0 Å². The van der Waals surface area contributed by atoms with Crippen molar-refractivity contribution >= 4 is 5.91 Å². The summed E-state index contributed by atoms with van der Waals surface area (Å²) in [6.45, 7) is 10.3. The second-order valence-corrected chi connectivity index (χ2v) is 9.58. The molecule has 0 spiro atoms. The number of benzene rings is 2. The largest absolute Gasteiger partial charge is 0.444 e. The Morgan fingerprint density at radius 1 is 0.938 bits per heavy atom. The van der Waals surface area contributed by atoms with Crippen LogP contribution in [0.4, 0.5) is 0 Å². The second kappa shape index (κ2) is 9.70. The molecule has 0 saturated carbocycles. The summed E-state index contributed by atoms with van der Waals surface area (Å²) in [6, 6.07) is 20.2. The fourth-order valence-corrected chi connectivity index (χ4v) is 4.22. The lowest BCUT2D eigenvalue weighted by atomic mass is 9.90. The van der Waals surface area contributed by atoms with Crippen LogP contribution in [-0.2, 0) is 16.8 Å². The van der Waals surface area contributed by atoms with Crippen LogP contribution in [0.1, 0.15) is 55.9 Å². The van der Waals surface area contributed by atoms with Crippen molar-refractivity contribution in [3.05, 3.63) is 89.6 Å². The van der Waals surface area contributed by atoms with Crippen LogP contribution in [0.5, 0.6) is 0 Å². The van der Waals surface area contributed by atoms with Gasteiger partial charge in [0, 0.05) is 31.6 Å². The fraction of sp³-hybridized carbons (Fsp3) is 0.407. The van der Waals surface area contributed by atoms with E-state index in [1.807, 2.05) is 47.5 Å². The van der Waals surface area contributed by atoms with Gasteiger partial charge in [-0.05, 0) is 17.5 Å². The van der Waals surface area contributed by atoms with Crippen molar-refractivity contribution in [2.75, 3.05) is 26.2 Å². The summed E-state index contributed by atoms with van der Waals surface area (Å²) in [5.41, 5.74) is 2.04. The van der Waals surface area contributed by atoms with Crippen LogP contribution in [0.25, 0.3) is 0 Å². The zero-order valence-corrected chi connectivity index (χ0v) is 19.3. The standard InChI is InChI=1S/C27H33N3O2/c1-27(2,3)23-19-28-24(32-23)20-29-15-10-16-30(18-17-29)26(31)25(21-11-6-4-7-12-21)22-13-8-5-9-14-22/h4-9,11-14,19,25H,10,15-18,20H2,1-3H3. The summed E-state index contributed by atoms with van der Waals surface area (Å²) in [6.07, 6.45) is 2.78. The first kappa shape index (κ1) is 22.3. The molecule has 0 aliphatic carbocycles. The first-order valence-electron chi connectivity index (χ1n) is 11.5. The Hall–Kier alpha value is -2.92. The van der Waals surface area contributed by atoms with E-state index in [2.05, 4.69) is 54.9 Å². The average Bonchev–Trinajstić information content (AvgIpc) is 3.14. The van der Waals surface area contributed by atoms with Crippen LogP contribution in [0.2, 0.25) is 0 Å². The second-order valence-electron chi connectivity index (χ2n) is 9.58. The molecule has 0 N–H and O–H groups in total. The third kappa shape index (κ3) is 5.28. The molecule has 1 amide bonds. The van der Waals surface area contributed by atoms with E-state index in [9.17, 15) is 4.79 Å². The predicted octanol–water partition coefficient (Wildman–Crippen LogP) is 4.84. The average molecular weight is 432 g/mol. The van der Waals surface area contributed by atoms with E-state index in [0.29, 0.717) is 13.1 Å². The lowest BCUT2D eigenvalue weighted by molar-refractivity contribution is -0.131. The highest BCUT2D eigenvalue weighted by Crippen LogP contribution is 2.28. The van der Waals surface area contributed by atoms with Gasteiger partial charge in [-0.15, -0.1) is 0 Å². The number of rotatable bonds is 5. The summed E-state index contributed by atoms with van der Waals surface area (Å²) in [7, 11) is 0. The Bertz CT molecular complexity index is 969. The smallest absolute Gasteiger partial charge is 0.234 e. The summed E-state index contributed by atoms with van der Waals surface area (Å²) < 4.78 is 5.99. The minimum Gasteiger partial charge on any atom is -0.444 e. The van der Waals surface area contributed by atoms with E-state index >= 15 is 0 Å². The topological polar surface area (TPSA) is 49.6 Å². The highest BCUT2D eigenvalue weighted by atomic mass is 16.4. The SMILES string of the molecule is CC(C)(C)c1cnc(CN2CCCN(C(=O)C(c3ccccc3)c3ccccc3)CC2)o1. The monoisotopic (exact) mass is 431 g/mol. The van der Waals surface area contributed by atoms with Gasteiger partial charge in [0.05, 0.1) is 18.7 Å². The van der Waals surface area contributed by atoms with Gasteiger partial charge in [-0.3, -0.25) is 9.69 Å². The van der Waals surface area contributed by atoms with Crippen molar-refractivity contribution in [2.24, 2.45) is 0 Å². The molecule has 1 aromatic heterocycles. The van der Waals surface area contributed by atoms with Gasteiger partial charge in [0.15, 0.2) is 0 Å². The maximum Gasteiger partial charge on any atom is 0.234 e. The number of aromatic nitrogens is 1. The number of oxazole rings is 1. The van der Waals surface area contributed by atoms with Gasteiger partial charge < -0.3 is 9.32 Å². The van der Waals surface area contributed by atoms with E-state index in [1.165, 1.54) is 0 Å². The van der Waals surface area contributed by atoms with E-state index < -0.39 is 0 Å². The lowest BCUT2D eigenvalue weighted by Crippen LogP contribution is -2.38. The van der Waals surface area contributed by atoms with E-state index in [-0.39, 0.29) is 17.2 Å². The number of amides is 1. The highest BCUT2D eigenvalue weighted by molar-refractivity contribution is 5.87. The highest BCUT2D eigenvalue weighted by Gasteiger charge is 2.29. The molecule has 0 bridgehead atoms. The predicted molar refractivity (Wildman–Crippen MR) is 126 cm³/mol. The third-order valence-corrected chi connectivity index (χ3v) is 6.06. The van der Waals surface area contributed by atoms with Gasteiger partial charge in [-0.1, -0.05) is 81.4 Å². The summed E-state index contributed by atoms with van der Waals surface area (Å²) in [5.74, 6) is 1.56. The number of hydrogen-bond donors (Lipinski definition) is 0. The van der Waals surface area contributed by atoms with E-state index in [0.717, 1.165) is 48.8 Å². The van der Waals surface area contributed by atoms with Gasteiger partial charge in [-0.2, -0.15) is 0 Å². The summed E-state index contributed by atoms with van der Waals surface area (Å²) >= 11 is 0. The molecule has 32 heavy (non-hydrogen) atoms. The van der Waals surface area contributed by atoms with Crippen molar-refractivity contribution in [1.29, 1.82) is 0 Å². The molecule has 1 fully saturated rings. The van der Waals surface area contributed by atoms with Crippen molar-refractivity contribution < 1.29 is 9.21 Å². The first-order valence-corrected chi connectivity index (χ1v) is 11.5. The quantitative estimate of drug-likeness (QED) is 0.580. The zero-order chi connectivity index (χ0) is 22.6. The Kier molecular flexibility index (Phi) is 6.75. The van der Waals surface area contributed by atoms with Gasteiger partial charge in [0.1, 0.15) is 5.76 Å². The lowest BCUT2D eigenvalue weighted by Gasteiger charge is -2.27. The minimum absolute atomic E-state index is 0.0445. The van der Waals surface area contributed by atoms with Crippen LogP contribution in [0.3, 0.4) is 0 Å². The summed E-state index contributed by atoms with van der Waals surface area (Å²) in [4.78, 5) is 22.6. The third-order valence-electron chi connectivity index (χ3n) is 6.06. The van der Waals surface area contributed by atoms with Crippen molar-refractivity contribution in [1.82, 2.24) is 14.8 Å². The fourth-order valence-electron chi connectivity index (χ4n) is 4.22. The van der Waals surface area contributed by atoms with Crippen LogP contribution >= 0.6 is 0 Å². The maximum atomic E-state index is 13.7. The Balaban J connectivity index is 1.46. The molecule has 1 aliphatic rings.